The maximum Gasteiger partial charge on any atom is 0.107 e. The van der Waals surface area contributed by atoms with Crippen LogP contribution in [0.25, 0.3) is 10.9 Å². The quantitative estimate of drug-likeness (QED) is 0.820. The number of fused-ring (bicyclic) bond motifs is 1. The van der Waals surface area contributed by atoms with Crippen LogP contribution in [0.1, 0.15) is 25.8 Å². The average Bonchev–Trinajstić information content (AvgIpc) is 2.38. The Morgan fingerprint density at radius 1 is 1.37 bits per heavy atom. The molecule has 3 N–H and O–H groups in total. The van der Waals surface area contributed by atoms with Gasteiger partial charge in [-0.15, -0.1) is 0 Å². The Hall–Kier alpha value is -1.68. The van der Waals surface area contributed by atoms with Gasteiger partial charge in [0.15, 0.2) is 0 Å². The molecule has 0 radical (unpaired) electrons. The van der Waals surface area contributed by atoms with Crippen LogP contribution in [0.15, 0.2) is 30.5 Å². The average molecular weight is 273 g/mol. The summed E-state index contributed by atoms with van der Waals surface area (Å²) < 4.78 is 0. The van der Waals surface area contributed by atoms with E-state index >= 15 is 0 Å². The van der Waals surface area contributed by atoms with E-state index in [1.807, 2.05) is 24.3 Å². The molecule has 0 aliphatic rings. The molecule has 19 heavy (non-hydrogen) atoms. The van der Waals surface area contributed by atoms with E-state index in [2.05, 4.69) is 24.1 Å². The van der Waals surface area contributed by atoms with Gasteiger partial charge in [0.1, 0.15) is 4.99 Å². The van der Waals surface area contributed by atoms with Crippen LogP contribution in [0.5, 0.6) is 0 Å². The Morgan fingerprint density at radius 2 is 2.11 bits per heavy atom. The van der Waals surface area contributed by atoms with E-state index in [0.29, 0.717) is 10.9 Å². The zero-order valence-electron chi connectivity index (χ0n) is 11.3. The normalized spacial score (nSPS) is 10.9. The van der Waals surface area contributed by atoms with Gasteiger partial charge >= 0.3 is 0 Å². The van der Waals surface area contributed by atoms with Gasteiger partial charge in [0.25, 0.3) is 0 Å². The van der Waals surface area contributed by atoms with Gasteiger partial charge in [-0.3, -0.25) is 4.98 Å². The van der Waals surface area contributed by atoms with Gasteiger partial charge in [-0.25, -0.2) is 0 Å². The Bertz CT molecular complexity index is 593. The van der Waals surface area contributed by atoms with E-state index in [9.17, 15) is 0 Å². The molecule has 0 spiro atoms. The molecule has 0 amide bonds. The Kier molecular flexibility index (Phi) is 4.32. The first-order valence-corrected chi connectivity index (χ1v) is 6.92. The van der Waals surface area contributed by atoms with Crippen molar-refractivity contribution in [3.05, 3.63) is 36.0 Å². The lowest BCUT2D eigenvalue weighted by Crippen LogP contribution is -2.15. The maximum absolute atomic E-state index is 5.79. The lowest BCUT2D eigenvalue weighted by Gasteiger charge is -2.14. The maximum atomic E-state index is 5.79. The van der Waals surface area contributed by atoms with Crippen molar-refractivity contribution in [2.24, 2.45) is 11.7 Å². The molecular formula is C15H19N3S. The van der Waals surface area contributed by atoms with Crippen LogP contribution in [0.2, 0.25) is 0 Å². The number of aromatic nitrogens is 1. The van der Waals surface area contributed by atoms with Crippen molar-refractivity contribution in [2.45, 2.75) is 20.3 Å². The van der Waals surface area contributed by atoms with Crippen molar-refractivity contribution in [1.29, 1.82) is 0 Å². The monoisotopic (exact) mass is 273 g/mol. The summed E-state index contributed by atoms with van der Waals surface area (Å²) in [5.74, 6) is 0.661. The van der Waals surface area contributed by atoms with Crippen molar-refractivity contribution < 1.29 is 0 Å². The summed E-state index contributed by atoms with van der Waals surface area (Å²) in [7, 11) is 0. The first kappa shape index (κ1) is 13.7. The molecule has 0 aliphatic heterocycles. The minimum Gasteiger partial charge on any atom is -0.389 e. The predicted molar refractivity (Wildman–Crippen MR) is 85.6 cm³/mol. The number of anilines is 1. The first-order valence-electron chi connectivity index (χ1n) is 6.51. The van der Waals surface area contributed by atoms with E-state index in [1.54, 1.807) is 6.20 Å². The second-order valence-electron chi connectivity index (χ2n) is 5.04. The number of hydrogen-bond acceptors (Lipinski definition) is 3. The van der Waals surface area contributed by atoms with Crippen molar-refractivity contribution in [1.82, 2.24) is 4.98 Å². The molecule has 2 rings (SSSR count). The third-order valence-corrected chi connectivity index (χ3v) is 3.28. The van der Waals surface area contributed by atoms with E-state index < -0.39 is 0 Å². The van der Waals surface area contributed by atoms with E-state index in [0.717, 1.165) is 35.1 Å². The number of benzene rings is 1. The van der Waals surface area contributed by atoms with Crippen LogP contribution in [0.4, 0.5) is 5.69 Å². The summed E-state index contributed by atoms with van der Waals surface area (Å²) in [4.78, 5) is 4.78. The zero-order valence-corrected chi connectivity index (χ0v) is 12.1. The van der Waals surface area contributed by atoms with Crippen LogP contribution < -0.4 is 11.1 Å². The first-order chi connectivity index (χ1) is 9.09. The van der Waals surface area contributed by atoms with Crippen LogP contribution >= 0.6 is 12.2 Å². The highest BCUT2D eigenvalue weighted by molar-refractivity contribution is 7.80. The van der Waals surface area contributed by atoms with E-state index in [4.69, 9.17) is 18.0 Å². The number of nitrogens with zero attached hydrogens (tertiary/aromatic N) is 1. The highest BCUT2D eigenvalue weighted by atomic mass is 32.1. The molecular weight excluding hydrogens is 254 g/mol. The molecule has 0 atom stereocenters. The summed E-state index contributed by atoms with van der Waals surface area (Å²) >= 11 is 5.11. The fourth-order valence-electron chi connectivity index (χ4n) is 2.00. The van der Waals surface area contributed by atoms with Gasteiger partial charge in [-0.2, -0.15) is 0 Å². The number of thiocarbonyl (C=S) groups is 1. The Labute approximate surface area is 119 Å². The van der Waals surface area contributed by atoms with Gasteiger partial charge in [-0.05, 0) is 18.4 Å². The minimum absolute atomic E-state index is 0.380. The topological polar surface area (TPSA) is 50.9 Å². The van der Waals surface area contributed by atoms with Gasteiger partial charge in [0.05, 0.1) is 16.8 Å². The molecule has 4 heteroatoms. The molecule has 100 valence electrons. The van der Waals surface area contributed by atoms with E-state index in [-0.39, 0.29) is 0 Å². The fourth-order valence-corrected chi connectivity index (χ4v) is 2.16. The SMILES string of the molecule is CC(C)CCNc1c(C(N)=S)cnc2ccccc12. The van der Waals surface area contributed by atoms with Crippen molar-refractivity contribution in [2.75, 3.05) is 11.9 Å². The van der Waals surface area contributed by atoms with Crippen LogP contribution in [0.3, 0.4) is 0 Å². The molecule has 0 bridgehead atoms. The van der Waals surface area contributed by atoms with Gasteiger partial charge < -0.3 is 11.1 Å². The number of rotatable bonds is 5. The highest BCUT2D eigenvalue weighted by Gasteiger charge is 2.10. The standard InChI is InChI=1S/C15H19N3S/c1-10(2)7-8-17-14-11-5-3-4-6-13(11)18-9-12(14)15(16)19/h3-6,9-10H,7-8H2,1-2H3,(H2,16,19)(H,17,18). The molecule has 0 fully saturated rings. The lowest BCUT2D eigenvalue weighted by molar-refractivity contribution is 0.607. The molecule has 2 aromatic rings. The number of nitrogens with one attached hydrogen (secondary N) is 1. The third kappa shape index (κ3) is 3.20. The minimum atomic E-state index is 0.380. The molecule has 1 aromatic carbocycles. The molecule has 3 nitrogen and oxygen atoms in total. The summed E-state index contributed by atoms with van der Waals surface area (Å²) in [6.45, 7) is 5.32. The number of pyridine rings is 1. The second-order valence-corrected chi connectivity index (χ2v) is 5.48. The highest BCUT2D eigenvalue weighted by Crippen LogP contribution is 2.26. The van der Waals surface area contributed by atoms with Gasteiger partial charge in [0, 0.05) is 18.1 Å². The van der Waals surface area contributed by atoms with Crippen LogP contribution in [-0.4, -0.2) is 16.5 Å². The summed E-state index contributed by atoms with van der Waals surface area (Å²) in [6, 6.07) is 8.02. The molecule has 1 aromatic heterocycles. The predicted octanol–water partition coefficient (Wildman–Crippen LogP) is 3.33. The van der Waals surface area contributed by atoms with Crippen molar-refractivity contribution in [3.63, 3.8) is 0 Å². The molecule has 0 saturated carbocycles. The zero-order chi connectivity index (χ0) is 13.8. The lowest BCUT2D eigenvalue weighted by atomic mass is 10.1. The summed E-state index contributed by atoms with van der Waals surface area (Å²) in [5.41, 5.74) is 8.56. The fraction of sp³-hybridized carbons (Fsp3) is 0.333. The number of para-hydroxylation sites is 1. The summed E-state index contributed by atoms with van der Waals surface area (Å²) in [6.07, 6.45) is 2.86. The Balaban J connectivity index is 2.41. The van der Waals surface area contributed by atoms with Crippen molar-refractivity contribution in [3.8, 4) is 0 Å². The van der Waals surface area contributed by atoms with E-state index in [1.165, 1.54) is 0 Å². The number of nitrogens with two attached hydrogens (primary N) is 1. The Morgan fingerprint density at radius 3 is 2.79 bits per heavy atom. The summed E-state index contributed by atoms with van der Waals surface area (Å²) in [5, 5.41) is 4.53. The smallest absolute Gasteiger partial charge is 0.107 e. The van der Waals surface area contributed by atoms with Gasteiger partial charge in [-0.1, -0.05) is 44.3 Å². The van der Waals surface area contributed by atoms with Crippen molar-refractivity contribution >= 4 is 33.8 Å². The second kappa shape index (κ2) is 5.97. The largest absolute Gasteiger partial charge is 0.389 e. The van der Waals surface area contributed by atoms with Crippen LogP contribution in [-0.2, 0) is 0 Å². The molecule has 1 heterocycles. The number of hydrogen-bond donors (Lipinski definition) is 2. The third-order valence-electron chi connectivity index (χ3n) is 3.06. The molecule has 0 aliphatic carbocycles. The molecule has 0 saturated heterocycles. The molecule has 0 unspecified atom stereocenters. The van der Waals surface area contributed by atoms with Gasteiger partial charge in [0.2, 0.25) is 0 Å². The van der Waals surface area contributed by atoms with Crippen LogP contribution in [0, 0.1) is 5.92 Å².